The van der Waals surface area contributed by atoms with Crippen LogP contribution in [0.2, 0.25) is 0 Å². The van der Waals surface area contributed by atoms with Gasteiger partial charge in [-0.2, -0.15) is 0 Å². The number of hydrogen-bond acceptors (Lipinski definition) is 3. The molecular weight excluding hydrogens is 258 g/mol. The molecule has 0 aromatic carbocycles. The summed E-state index contributed by atoms with van der Waals surface area (Å²) < 4.78 is 0. The van der Waals surface area contributed by atoms with Gasteiger partial charge in [0.25, 0.3) is 0 Å². The number of rotatable bonds is 2. The lowest BCUT2D eigenvalue weighted by Crippen LogP contribution is -2.57. The maximum atomic E-state index is 12.5. The average Bonchev–Trinajstić information content (AvgIpc) is 2.38. The van der Waals surface area contributed by atoms with Gasteiger partial charge in [0.15, 0.2) is 0 Å². The van der Waals surface area contributed by atoms with E-state index in [9.17, 15) is 9.59 Å². The van der Waals surface area contributed by atoms with Gasteiger partial charge in [-0.25, -0.2) is 4.79 Å². The van der Waals surface area contributed by atoms with Crippen LogP contribution in [0.5, 0.6) is 0 Å². The summed E-state index contributed by atoms with van der Waals surface area (Å²) in [7, 11) is 2.08. The molecule has 2 saturated heterocycles. The van der Waals surface area contributed by atoms with Gasteiger partial charge in [0, 0.05) is 45.2 Å². The highest BCUT2D eigenvalue weighted by molar-refractivity contribution is 5.75. The van der Waals surface area contributed by atoms with Crippen molar-refractivity contribution in [1.29, 1.82) is 0 Å². The molecule has 1 atom stereocenters. The highest BCUT2D eigenvalue weighted by Crippen LogP contribution is 2.22. The van der Waals surface area contributed by atoms with E-state index in [1.165, 1.54) is 0 Å². The minimum absolute atomic E-state index is 0.124. The minimum Gasteiger partial charge on any atom is -0.481 e. The van der Waals surface area contributed by atoms with Gasteiger partial charge in [0.05, 0.1) is 0 Å². The van der Waals surface area contributed by atoms with E-state index in [0.717, 1.165) is 32.5 Å². The van der Waals surface area contributed by atoms with Crippen LogP contribution in [-0.4, -0.2) is 77.6 Å². The zero-order chi connectivity index (χ0) is 14.7. The minimum atomic E-state index is -0.734. The summed E-state index contributed by atoms with van der Waals surface area (Å²) in [5.74, 6) is -0.510. The van der Waals surface area contributed by atoms with Crippen molar-refractivity contribution in [3.63, 3.8) is 0 Å². The summed E-state index contributed by atoms with van der Waals surface area (Å²) in [5.41, 5.74) is 0. The molecule has 0 spiro atoms. The molecule has 2 aliphatic heterocycles. The van der Waals surface area contributed by atoms with Crippen LogP contribution in [-0.2, 0) is 4.79 Å². The van der Waals surface area contributed by atoms with Gasteiger partial charge in [0.1, 0.15) is 0 Å². The molecule has 0 bridgehead atoms. The van der Waals surface area contributed by atoms with Gasteiger partial charge < -0.3 is 19.8 Å². The zero-order valence-electron chi connectivity index (χ0n) is 12.4. The summed E-state index contributed by atoms with van der Waals surface area (Å²) in [6.45, 7) is 6.09. The Hall–Kier alpha value is -1.30. The number of hydrogen-bond donors (Lipinski definition) is 1. The Morgan fingerprint density at radius 2 is 1.80 bits per heavy atom. The van der Waals surface area contributed by atoms with Crippen molar-refractivity contribution in [3.05, 3.63) is 0 Å². The smallest absolute Gasteiger partial charge is 0.320 e. The normalized spacial score (nSPS) is 25.8. The van der Waals surface area contributed by atoms with Crippen molar-refractivity contribution in [2.75, 3.05) is 39.8 Å². The van der Waals surface area contributed by atoms with E-state index in [0.29, 0.717) is 13.1 Å². The Morgan fingerprint density at radius 1 is 1.15 bits per heavy atom. The molecule has 1 unspecified atom stereocenters. The molecule has 2 fully saturated rings. The molecule has 2 rings (SSSR count). The highest BCUT2D eigenvalue weighted by atomic mass is 16.4. The number of nitrogens with zero attached hydrogens (tertiary/aromatic N) is 3. The largest absolute Gasteiger partial charge is 0.481 e. The van der Waals surface area contributed by atoms with Crippen LogP contribution in [0, 0.1) is 5.92 Å². The number of carbonyl (C=O) groups excluding carboxylic acids is 1. The molecule has 2 aliphatic rings. The average molecular weight is 283 g/mol. The summed E-state index contributed by atoms with van der Waals surface area (Å²) in [6, 6.07) is 0.373. The summed E-state index contributed by atoms with van der Waals surface area (Å²) in [6.07, 6.45) is 1.84. The van der Waals surface area contributed by atoms with Gasteiger partial charge in [0.2, 0.25) is 0 Å². The number of urea groups is 1. The fourth-order valence-corrected chi connectivity index (χ4v) is 3.18. The number of piperazine rings is 1. The zero-order valence-corrected chi connectivity index (χ0v) is 12.4. The lowest BCUT2D eigenvalue weighted by Gasteiger charge is -2.42. The maximum absolute atomic E-state index is 12.5. The van der Waals surface area contributed by atoms with Gasteiger partial charge in [-0.1, -0.05) is 0 Å². The van der Waals surface area contributed by atoms with Gasteiger partial charge in [-0.3, -0.25) is 4.79 Å². The van der Waals surface area contributed by atoms with Crippen molar-refractivity contribution in [1.82, 2.24) is 14.7 Å². The molecule has 2 amide bonds. The fourth-order valence-electron chi connectivity index (χ4n) is 3.18. The SMILES string of the molecule is CC1CN(C)CCN1C(=O)N1CCC(CC(=O)O)CC1. The lowest BCUT2D eigenvalue weighted by molar-refractivity contribution is -0.138. The molecule has 114 valence electrons. The van der Waals surface area contributed by atoms with Gasteiger partial charge in [-0.15, -0.1) is 0 Å². The Kier molecular flexibility index (Phi) is 4.86. The second-order valence-electron chi connectivity index (χ2n) is 6.12. The molecule has 6 heteroatoms. The molecule has 1 N–H and O–H groups in total. The molecule has 0 radical (unpaired) electrons. The van der Waals surface area contributed by atoms with E-state index < -0.39 is 5.97 Å². The topological polar surface area (TPSA) is 64.1 Å². The Morgan fingerprint density at radius 3 is 2.35 bits per heavy atom. The third-order valence-corrected chi connectivity index (χ3v) is 4.42. The van der Waals surface area contributed by atoms with Crippen LogP contribution < -0.4 is 0 Å². The Bertz CT molecular complexity index is 367. The number of likely N-dealkylation sites (tertiary alicyclic amines) is 1. The Balaban J connectivity index is 1.84. The Labute approximate surface area is 120 Å². The first-order chi connectivity index (χ1) is 9.47. The van der Waals surface area contributed by atoms with Crippen LogP contribution in [0.3, 0.4) is 0 Å². The molecule has 6 nitrogen and oxygen atoms in total. The second-order valence-corrected chi connectivity index (χ2v) is 6.12. The lowest BCUT2D eigenvalue weighted by atomic mass is 9.94. The summed E-state index contributed by atoms with van der Waals surface area (Å²) >= 11 is 0. The van der Waals surface area contributed by atoms with E-state index in [1.807, 2.05) is 9.80 Å². The third-order valence-electron chi connectivity index (χ3n) is 4.42. The van der Waals surface area contributed by atoms with Crippen LogP contribution in [0.25, 0.3) is 0 Å². The van der Waals surface area contributed by atoms with Crippen molar-refractivity contribution in [2.45, 2.75) is 32.2 Å². The number of likely N-dealkylation sites (N-methyl/N-ethyl adjacent to an activating group) is 1. The van der Waals surface area contributed by atoms with Gasteiger partial charge in [-0.05, 0) is 32.7 Å². The molecule has 0 aromatic heterocycles. The van der Waals surface area contributed by atoms with E-state index >= 15 is 0 Å². The number of carboxylic acids is 1. The molecular formula is C14H25N3O3. The van der Waals surface area contributed by atoms with E-state index in [-0.39, 0.29) is 24.4 Å². The number of aliphatic carboxylic acids is 1. The van der Waals surface area contributed by atoms with E-state index in [2.05, 4.69) is 18.9 Å². The third kappa shape index (κ3) is 3.62. The fraction of sp³-hybridized carbons (Fsp3) is 0.857. The van der Waals surface area contributed by atoms with Crippen LogP contribution in [0.15, 0.2) is 0 Å². The molecule has 0 saturated carbocycles. The first-order valence-electron chi connectivity index (χ1n) is 7.43. The summed E-state index contributed by atoms with van der Waals surface area (Å²) in [5, 5.41) is 8.81. The summed E-state index contributed by atoms with van der Waals surface area (Å²) in [4.78, 5) is 29.3. The first kappa shape index (κ1) is 15.1. The van der Waals surface area contributed by atoms with Crippen molar-refractivity contribution < 1.29 is 14.7 Å². The van der Waals surface area contributed by atoms with Crippen LogP contribution in [0.4, 0.5) is 4.79 Å². The van der Waals surface area contributed by atoms with E-state index in [1.54, 1.807) is 0 Å². The van der Waals surface area contributed by atoms with Gasteiger partial charge >= 0.3 is 12.0 Å². The predicted octanol–water partition coefficient (Wildman–Crippen LogP) is 0.929. The first-order valence-corrected chi connectivity index (χ1v) is 7.43. The van der Waals surface area contributed by atoms with Crippen molar-refractivity contribution in [3.8, 4) is 0 Å². The monoisotopic (exact) mass is 283 g/mol. The molecule has 2 heterocycles. The standard InChI is InChI=1S/C14H25N3O3/c1-11-10-15(2)7-8-17(11)14(20)16-5-3-12(4-6-16)9-13(18)19/h11-12H,3-10H2,1-2H3,(H,18,19). The highest BCUT2D eigenvalue weighted by Gasteiger charge is 2.31. The molecule has 20 heavy (non-hydrogen) atoms. The molecule has 0 aliphatic carbocycles. The maximum Gasteiger partial charge on any atom is 0.320 e. The number of carbonyl (C=O) groups is 2. The van der Waals surface area contributed by atoms with Crippen LogP contribution >= 0.6 is 0 Å². The quantitative estimate of drug-likeness (QED) is 0.819. The number of piperidine rings is 1. The number of amides is 2. The van der Waals surface area contributed by atoms with Crippen LogP contribution in [0.1, 0.15) is 26.2 Å². The van der Waals surface area contributed by atoms with E-state index in [4.69, 9.17) is 5.11 Å². The second kappa shape index (κ2) is 6.43. The van der Waals surface area contributed by atoms with Crippen molar-refractivity contribution >= 4 is 12.0 Å². The number of carboxylic acid groups (broad SMARTS) is 1. The molecule has 0 aromatic rings. The predicted molar refractivity (Wildman–Crippen MR) is 75.6 cm³/mol. The van der Waals surface area contributed by atoms with Crippen molar-refractivity contribution in [2.24, 2.45) is 5.92 Å².